The third-order valence-electron chi connectivity index (χ3n) is 2.39. The molecule has 0 fully saturated rings. The Hall–Kier alpha value is -1.87. The fourth-order valence-corrected chi connectivity index (χ4v) is 1.40. The lowest BCUT2D eigenvalue weighted by Gasteiger charge is -2.16. The van der Waals surface area contributed by atoms with Crippen LogP contribution in [0.25, 0.3) is 0 Å². The summed E-state index contributed by atoms with van der Waals surface area (Å²) in [6.45, 7) is 3.54. The molecule has 0 saturated heterocycles. The molecule has 0 aliphatic heterocycles. The van der Waals surface area contributed by atoms with Gasteiger partial charge in [-0.3, -0.25) is 4.79 Å². The molecule has 0 aliphatic carbocycles. The molecule has 0 atom stereocenters. The number of benzene rings is 1. The minimum Gasteiger partial charge on any atom is -0.389 e. The second-order valence-corrected chi connectivity index (χ2v) is 5.01. The summed E-state index contributed by atoms with van der Waals surface area (Å²) >= 11 is 0. The van der Waals surface area contributed by atoms with Gasteiger partial charge in [-0.05, 0) is 25.8 Å². The Kier molecular flexibility index (Phi) is 6.03. The maximum Gasteiger partial charge on any atom is 0.244 e. The van der Waals surface area contributed by atoms with E-state index in [1.807, 2.05) is 30.4 Å². The van der Waals surface area contributed by atoms with E-state index in [0.29, 0.717) is 0 Å². The van der Waals surface area contributed by atoms with Gasteiger partial charge in [-0.25, -0.2) is 0 Å². The maximum absolute atomic E-state index is 11.4. The molecule has 19 heavy (non-hydrogen) atoms. The quantitative estimate of drug-likeness (QED) is 0.608. The highest BCUT2D eigenvalue weighted by atomic mass is 16.3. The Bertz CT molecular complexity index is 442. The topological polar surface area (TPSA) is 49.3 Å². The lowest BCUT2D eigenvalue weighted by Crippen LogP contribution is -2.37. The largest absolute Gasteiger partial charge is 0.389 e. The standard InChI is InChI=1S/C16H21NO2/c1-16(2,19)13-17-15(18)12-8-4-7-11-14-9-5-3-6-10-14/h3-10,12,19H,11,13H2,1-2H3,(H,17,18)/b7-4+,12-8+. The molecule has 1 rings (SSSR count). The molecular weight excluding hydrogens is 238 g/mol. The van der Waals surface area contributed by atoms with Gasteiger partial charge in [0.05, 0.1) is 5.60 Å². The molecule has 3 heteroatoms. The summed E-state index contributed by atoms with van der Waals surface area (Å²) in [5, 5.41) is 12.1. The van der Waals surface area contributed by atoms with Gasteiger partial charge in [-0.2, -0.15) is 0 Å². The van der Waals surface area contributed by atoms with Crippen molar-refractivity contribution in [3.8, 4) is 0 Å². The third kappa shape index (κ3) is 7.95. The maximum atomic E-state index is 11.4. The summed E-state index contributed by atoms with van der Waals surface area (Å²) in [5.74, 6) is -0.202. The van der Waals surface area contributed by atoms with Crippen LogP contribution in [0.2, 0.25) is 0 Å². The lowest BCUT2D eigenvalue weighted by molar-refractivity contribution is -0.117. The predicted octanol–water partition coefficient (Wildman–Crippen LogP) is 2.23. The summed E-state index contributed by atoms with van der Waals surface area (Å²) < 4.78 is 0. The molecule has 0 saturated carbocycles. The van der Waals surface area contributed by atoms with Crippen LogP contribution in [-0.4, -0.2) is 23.2 Å². The first-order chi connectivity index (χ1) is 8.97. The van der Waals surface area contributed by atoms with E-state index in [4.69, 9.17) is 0 Å². The Morgan fingerprint density at radius 1 is 1.26 bits per heavy atom. The number of rotatable bonds is 6. The summed E-state index contributed by atoms with van der Waals surface area (Å²) in [6, 6.07) is 10.1. The first-order valence-electron chi connectivity index (χ1n) is 6.35. The van der Waals surface area contributed by atoms with Crippen molar-refractivity contribution in [3.05, 3.63) is 60.2 Å². The minimum atomic E-state index is -0.882. The van der Waals surface area contributed by atoms with Crippen LogP contribution in [0.4, 0.5) is 0 Å². The third-order valence-corrected chi connectivity index (χ3v) is 2.39. The second kappa shape index (κ2) is 7.54. The number of hydrogen-bond acceptors (Lipinski definition) is 2. The van der Waals surface area contributed by atoms with E-state index in [0.717, 1.165) is 6.42 Å². The van der Waals surface area contributed by atoms with Crippen LogP contribution in [0.15, 0.2) is 54.6 Å². The average Bonchev–Trinajstić information content (AvgIpc) is 2.36. The zero-order chi connectivity index (χ0) is 14.1. The van der Waals surface area contributed by atoms with Gasteiger partial charge < -0.3 is 10.4 Å². The summed E-state index contributed by atoms with van der Waals surface area (Å²) in [4.78, 5) is 11.4. The number of aliphatic hydroxyl groups is 1. The van der Waals surface area contributed by atoms with Crippen molar-refractivity contribution in [1.29, 1.82) is 0 Å². The molecular formula is C16H21NO2. The number of carbonyl (C=O) groups is 1. The number of amides is 1. The minimum absolute atomic E-state index is 0.202. The highest BCUT2D eigenvalue weighted by Crippen LogP contribution is 2.00. The van der Waals surface area contributed by atoms with Crippen LogP contribution in [0.3, 0.4) is 0 Å². The van der Waals surface area contributed by atoms with Crippen LogP contribution in [0.1, 0.15) is 19.4 Å². The molecule has 0 aliphatic rings. The molecule has 0 unspecified atom stereocenters. The van der Waals surface area contributed by atoms with Gasteiger partial charge >= 0.3 is 0 Å². The first kappa shape index (κ1) is 15.2. The fourth-order valence-electron chi connectivity index (χ4n) is 1.40. The van der Waals surface area contributed by atoms with Crippen LogP contribution >= 0.6 is 0 Å². The van der Waals surface area contributed by atoms with E-state index >= 15 is 0 Å². The molecule has 0 heterocycles. The molecule has 1 aromatic rings. The van der Waals surface area contributed by atoms with E-state index in [1.165, 1.54) is 11.6 Å². The van der Waals surface area contributed by atoms with Gasteiger partial charge in [-0.1, -0.05) is 48.6 Å². The molecule has 1 aromatic carbocycles. The van der Waals surface area contributed by atoms with Gasteiger partial charge in [0, 0.05) is 12.6 Å². The van der Waals surface area contributed by atoms with E-state index in [9.17, 15) is 9.90 Å². The molecule has 1 amide bonds. The van der Waals surface area contributed by atoms with Gasteiger partial charge in [0.1, 0.15) is 0 Å². The Labute approximate surface area is 114 Å². The van der Waals surface area contributed by atoms with Crippen LogP contribution in [0, 0.1) is 0 Å². The average molecular weight is 259 g/mol. The smallest absolute Gasteiger partial charge is 0.244 e. The van der Waals surface area contributed by atoms with E-state index < -0.39 is 5.60 Å². The first-order valence-corrected chi connectivity index (χ1v) is 6.35. The summed E-state index contributed by atoms with van der Waals surface area (Å²) in [5.41, 5.74) is 0.353. The summed E-state index contributed by atoms with van der Waals surface area (Å²) in [6.07, 6.45) is 7.83. The van der Waals surface area contributed by atoms with Gasteiger partial charge in [0.2, 0.25) is 5.91 Å². The van der Waals surface area contributed by atoms with Crippen LogP contribution in [-0.2, 0) is 11.2 Å². The SMILES string of the molecule is CC(C)(O)CNC(=O)/C=C/C=C/Cc1ccccc1. The summed E-state index contributed by atoms with van der Waals surface area (Å²) in [7, 11) is 0. The Balaban J connectivity index is 2.28. The molecule has 0 spiro atoms. The highest BCUT2D eigenvalue weighted by molar-refractivity contribution is 5.87. The van der Waals surface area contributed by atoms with E-state index in [2.05, 4.69) is 17.4 Å². The molecule has 0 bridgehead atoms. The highest BCUT2D eigenvalue weighted by Gasteiger charge is 2.12. The Morgan fingerprint density at radius 2 is 1.95 bits per heavy atom. The lowest BCUT2D eigenvalue weighted by atomic mass is 10.1. The predicted molar refractivity (Wildman–Crippen MR) is 77.7 cm³/mol. The van der Waals surface area contributed by atoms with Gasteiger partial charge in [-0.15, -0.1) is 0 Å². The van der Waals surface area contributed by atoms with Crippen molar-refractivity contribution in [2.45, 2.75) is 25.9 Å². The van der Waals surface area contributed by atoms with Crippen molar-refractivity contribution in [2.24, 2.45) is 0 Å². The van der Waals surface area contributed by atoms with Crippen LogP contribution in [0.5, 0.6) is 0 Å². The number of allylic oxidation sites excluding steroid dienone is 3. The number of hydrogen-bond donors (Lipinski definition) is 2. The van der Waals surface area contributed by atoms with Crippen LogP contribution < -0.4 is 5.32 Å². The van der Waals surface area contributed by atoms with Crippen molar-refractivity contribution in [3.63, 3.8) is 0 Å². The van der Waals surface area contributed by atoms with Gasteiger partial charge in [0.15, 0.2) is 0 Å². The molecule has 0 aromatic heterocycles. The molecule has 0 radical (unpaired) electrons. The van der Waals surface area contributed by atoms with Crippen molar-refractivity contribution >= 4 is 5.91 Å². The fraction of sp³-hybridized carbons (Fsp3) is 0.312. The Morgan fingerprint density at radius 3 is 2.58 bits per heavy atom. The van der Waals surface area contributed by atoms with Crippen molar-refractivity contribution < 1.29 is 9.90 Å². The van der Waals surface area contributed by atoms with E-state index in [1.54, 1.807) is 19.9 Å². The number of carbonyl (C=O) groups excluding carboxylic acids is 1. The zero-order valence-corrected chi connectivity index (χ0v) is 11.5. The zero-order valence-electron chi connectivity index (χ0n) is 11.5. The molecule has 2 N–H and O–H groups in total. The van der Waals surface area contributed by atoms with Gasteiger partial charge in [0.25, 0.3) is 0 Å². The number of nitrogens with one attached hydrogen (secondary N) is 1. The van der Waals surface area contributed by atoms with Crippen molar-refractivity contribution in [2.75, 3.05) is 6.54 Å². The second-order valence-electron chi connectivity index (χ2n) is 5.01. The monoisotopic (exact) mass is 259 g/mol. The molecule has 102 valence electrons. The molecule has 3 nitrogen and oxygen atoms in total. The van der Waals surface area contributed by atoms with E-state index in [-0.39, 0.29) is 12.5 Å². The normalized spacial score (nSPS) is 12.2. The van der Waals surface area contributed by atoms with Crippen molar-refractivity contribution in [1.82, 2.24) is 5.32 Å².